The number of amides is 1. The Morgan fingerprint density at radius 3 is 2.71 bits per heavy atom. The Labute approximate surface area is 150 Å². The van der Waals surface area contributed by atoms with Crippen LogP contribution in [0.15, 0.2) is 57.4 Å². The lowest BCUT2D eigenvalue weighted by Crippen LogP contribution is -2.12. The number of nitrogen functional groups attached to an aromatic ring is 1. The molecule has 7 heteroatoms. The Morgan fingerprint density at radius 1 is 1.17 bits per heavy atom. The number of nitrogens with two attached hydrogens (primary N) is 1. The quantitative estimate of drug-likeness (QED) is 0.574. The molecule has 122 valence electrons. The number of rotatable bonds is 3. The molecule has 24 heavy (non-hydrogen) atoms. The minimum Gasteiger partial charge on any atom is -0.451 e. The van der Waals surface area contributed by atoms with E-state index in [1.165, 1.54) is 24.3 Å². The van der Waals surface area contributed by atoms with Crippen molar-refractivity contribution in [1.29, 1.82) is 0 Å². The molecule has 0 aliphatic rings. The maximum atomic E-state index is 13.7. The molecule has 0 unspecified atom stereocenters. The molecule has 0 aliphatic heterocycles. The smallest absolute Gasteiger partial charge is 0.291 e. The van der Waals surface area contributed by atoms with Crippen LogP contribution < -0.4 is 11.1 Å². The largest absolute Gasteiger partial charge is 0.451 e. The first-order valence-corrected chi connectivity index (χ1v) is 8.03. The van der Waals surface area contributed by atoms with Crippen molar-refractivity contribution < 1.29 is 13.6 Å². The highest BCUT2D eigenvalue weighted by atomic mass is 79.9. The van der Waals surface area contributed by atoms with Gasteiger partial charge >= 0.3 is 0 Å². The van der Waals surface area contributed by atoms with Gasteiger partial charge in [0.15, 0.2) is 5.76 Å². The molecule has 0 spiro atoms. The molecule has 1 amide bonds. The molecule has 4 nitrogen and oxygen atoms in total. The second-order valence-electron chi connectivity index (χ2n) is 4.98. The van der Waals surface area contributed by atoms with Gasteiger partial charge in [0, 0.05) is 15.7 Å². The van der Waals surface area contributed by atoms with Crippen LogP contribution in [0, 0.1) is 5.82 Å². The summed E-state index contributed by atoms with van der Waals surface area (Å²) in [5.74, 6) is -0.698. The lowest BCUT2D eigenvalue weighted by atomic mass is 10.2. The molecule has 0 aliphatic carbocycles. The summed E-state index contributed by atoms with van der Waals surface area (Å²) in [5, 5.41) is 2.91. The third kappa shape index (κ3) is 3.44. The van der Waals surface area contributed by atoms with E-state index in [9.17, 15) is 9.18 Å². The second kappa shape index (κ2) is 6.67. The zero-order valence-electron chi connectivity index (χ0n) is 12.1. The minimum atomic E-state index is -0.584. The first-order valence-electron chi connectivity index (χ1n) is 6.85. The van der Waals surface area contributed by atoms with Crippen LogP contribution in [0.2, 0.25) is 5.02 Å². The van der Waals surface area contributed by atoms with Crippen LogP contribution in [0.25, 0.3) is 11.3 Å². The third-order valence-electron chi connectivity index (χ3n) is 3.26. The second-order valence-corrected chi connectivity index (χ2v) is 6.30. The van der Waals surface area contributed by atoms with E-state index in [-0.39, 0.29) is 11.4 Å². The van der Waals surface area contributed by atoms with Gasteiger partial charge in [-0.05, 0) is 48.5 Å². The van der Waals surface area contributed by atoms with Crippen molar-refractivity contribution in [2.45, 2.75) is 0 Å². The van der Waals surface area contributed by atoms with Crippen molar-refractivity contribution >= 4 is 44.8 Å². The van der Waals surface area contributed by atoms with Gasteiger partial charge in [0.1, 0.15) is 11.6 Å². The number of anilines is 2. The molecule has 3 rings (SSSR count). The zero-order chi connectivity index (χ0) is 17.3. The molecule has 0 saturated carbocycles. The highest BCUT2D eigenvalue weighted by molar-refractivity contribution is 9.10. The van der Waals surface area contributed by atoms with E-state index in [1.807, 2.05) is 6.07 Å². The van der Waals surface area contributed by atoms with Gasteiger partial charge in [-0.3, -0.25) is 4.79 Å². The van der Waals surface area contributed by atoms with E-state index in [4.69, 9.17) is 21.8 Å². The Balaban J connectivity index is 1.85. The monoisotopic (exact) mass is 408 g/mol. The van der Waals surface area contributed by atoms with Crippen LogP contribution >= 0.6 is 27.5 Å². The maximum Gasteiger partial charge on any atom is 0.291 e. The predicted molar refractivity (Wildman–Crippen MR) is 95.6 cm³/mol. The van der Waals surface area contributed by atoms with E-state index in [2.05, 4.69) is 21.2 Å². The van der Waals surface area contributed by atoms with Gasteiger partial charge in [-0.2, -0.15) is 0 Å². The number of furan rings is 1. The predicted octanol–water partition coefficient (Wildman–Crippen LogP) is 5.34. The summed E-state index contributed by atoms with van der Waals surface area (Å²) >= 11 is 9.49. The summed E-state index contributed by atoms with van der Waals surface area (Å²) in [6.45, 7) is 0. The lowest BCUT2D eigenvalue weighted by Gasteiger charge is -2.06. The van der Waals surface area contributed by atoms with Gasteiger partial charge in [0.2, 0.25) is 0 Å². The van der Waals surface area contributed by atoms with E-state index < -0.39 is 11.7 Å². The van der Waals surface area contributed by atoms with Crippen molar-refractivity contribution in [2.75, 3.05) is 11.1 Å². The van der Waals surface area contributed by atoms with E-state index in [1.54, 1.807) is 18.2 Å². The topological polar surface area (TPSA) is 68.3 Å². The molecule has 1 heterocycles. The normalized spacial score (nSPS) is 10.6. The molecule has 0 fully saturated rings. The number of nitrogens with one attached hydrogen (secondary N) is 1. The van der Waals surface area contributed by atoms with Gasteiger partial charge in [-0.15, -0.1) is 0 Å². The molecule has 0 saturated heterocycles. The van der Waals surface area contributed by atoms with Gasteiger partial charge in [0.25, 0.3) is 5.91 Å². The van der Waals surface area contributed by atoms with Crippen molar-refractivity contribution in [1.82, 2.24) is 0 Å². The summed E-state index contributed by atoms with van der Waals surface area (Å²) < 4.78 is 20.0. The fourth-order valence-corrected chi connectivity index (χ4v) is 2.88. The van der Waals surface area contributed by atoms with Crippen LogP contribution in [0.3, 0.4) is 0 Å². The average Bonchev–Trinajstić information content (AvgIpc) is 3.00. The highest BCUT2D eigenvalue weighted by Gasteiger charge is 2.16. The molecular weight excluding hydrogens is 399 g/mol. The average molecular weight is 410 g/mol. The fraction of sp³-hybridized carbons (Fsp3) is 0. The number of hydrogen-bond acceptors (Lipinski definition) is 3. The summed E-state index contributed by atoms with van der Waals surface area (Å²) in [4.78, 5) is 12.2. The van der Waals surface area contributed by atoms with Crippen molar-refractivity contribution in [3.8, 4) is 11.3 Å². The van der Waals surface area contributed by atoms with Crippen molar-refractivity contribution in [2.24, 2.45) is 0 Å². The van der Waals surface area contributed by atoms with Gasteiger partial charge in [-0.25, -0.2) is 4.39 Å². The molecule has 1 aromatic heterocycles. The van der Waals surface area contributed by atoms with E-state index in [0.717, 1.165) is 4.47 Å². The van der Waals surface area contributed by atoms with E-state index in [0.29, 0.717) is 22.0 Å². The molecule has 0 atom stereocenters. The van der Waals surface area contributed by atoms with Gasteiger partial charge < -0.3 is 15.5 Å². The minimum absolute atomic E-state index is 0.0142. The van der Waals surface area contributed by atoms with Gasteiger partial charge in [-0.1, -0.05) is 27.5 Å². The molecule has 0 bridgehead atoms. The van der Waals surface area contributed by atoms with Crippen LogP contribution in [0.4, 0.5) is 15.8 Å². The Hall–Kier alpha value is -2.31. The molecular formula is C17H11BrClFN2O2. The Kier molecular flexibility index (Phi) is 4.59. The standard InChI is InChI=1S/C17H11BrClFN2O2/c18-9-1-3-11(12(19)7-9)15-5-6-16(24-15)17(23)22-14-8-10(21)2-4-13(14)20/h1-8H,21H2,(H,22,23). The zero-order valence-corrected chi connectivity index (χ0v) is 14.5. The molecule has 0 radical (unpaired) electrons. The number of carbonyl (C=O) groups is 1. The molecule has 3 aromatic rings. The molecule has 3 N–H and O–H groups in total. The van der Waals surface area contributed by atoms with Crippen LogP contribution in [0.1, 0.15) is 10.6 Å². The van der Waals surface area contributed by atoms with Crippen LogP contribution in [0.5, 0.6) is 0 Å². The van der Waals surface area contributed by atoms with Gasteiger partial charge in [0.05, 0.1) is 10.7 Å². The molecule has 2 aromatic carbocycles. The third-order valence-corrected chi connectivity index (χ3v) is 4.07. The van der Waals surface area contributed by atoms with Crippen molar-refractivity contribution in [3.05, 3.63) is 69.6 Å². The highest BCUT2D eigenvalue weighted by Crippen LogP contribution is 2.32. The number of hydrogen-bond donors (Lipinski definition) is 2. The summed E-state index contributed by atoms with van der Waals surface area (Å²) in [6.07, 6.45) is 0. The number of halogens is 3. The Bertz CT molecular complexity index is 927. The van der Waals surface area contributed by atoms with Crippen LogP contribution in [-0.4, -0.2) is 5.91 Å². The lowest BCUT2D eigenvalue weighted by molar-refractivity contribution is 0.0997. The van der Waals surface area contributed by atoms with E-state index >= 15 is 0 Å². The summed E-state index contributed by atoms with van der Waals surface area (Å²) in [5.41, 5.74) is 6.57. The Morgan fingerprint density at radius 2 is 1.96 bits per heavy atom. The summed E-state index contributed by atoms with van der Waals surface area (Å²) in [6, 6.07) is 12.3. The number of carbonyl (C=O) groups excluding carboxylic acids is 1. The first kappa shape index (κ1) is 16.5. The van der Waals surface area contributed by atoms with Crippen LogP contribution in [-0.2, 0) is 0 Å². The maximum absolute atomic E-state index is 13.7. The summed E-state index contributed by atoms with van der Waals surface area (Å²) in [7, 11) is 0. The SMILES string of the molecule is Nc1ccc(F)c(NC(=O)c2ccc(-c3ccc(Br)cc3Cl)o2)c1. The number of benzene rings is 2. The van der Waals surface area contributed by atoms with Crippen molar-refractivity contribution in [3.63, 3.8) is 0 Å². The first-order chi connectivity index (χ1) is 11.4. The fourth-order valence-electron chi connectivity index (χ4n) is 2.12.